The smallest absolute Gasteiger partial charge is 0.387 e. The van der Waals surface area contributed by atoms with Crippen molar-refractivity contribution in [2.75, 3.05) is 27.0 Å². The van der Waals surface area contributed by atoms with Crippen molar-refractivity contribution in [2.24, 2.45) is 0 Å². The van der Waals surface area contributed by atoms with E-state index in [0.717, 1.165) is 6.26 Å². The quantitative estimate of drug-likeness (QED) is 0.191. The Morgan fingerprint density at radius 3 is 2.57 bits per heavy atom. The van der Waals surface area contributed by atoms with Crippen LogP contribution in [0.25, 0.3) is 32.2 Å². The largest absolute Gasteiger partial charge is 0.491 e. The number of carbonyl (C=O) groups is 1. The first kappa shape index (κ1) is 35.6. The number of rotatable bonds is 11. The fraction of sp³-hybridized carbons (Fsp3) is 0.281. The van der Waals surface area contributed by atoms with Crippen LogP contribution in [0.2, 0.25) is 5.02 Å². The average molecular weight is 731 g/mol. The second-order valence-electron chi connectivity index (χ2n) is 11.3. The zero-order valence-corrected chi connectivity index (χ0v) is 29.2. The summed E-state index contributed by atoms with van der Waals surface area (Å²) in [5.41, 5.74) is 1.61. The molecule has 12 nitrogen and oxygen atoms in total. The molecule has 0 aliphatic carbocycles. The maximum Gasteiger partial charge on any atom is 0.387 e. The number of thiophene rings is 1. The molecule has 0 saturated carbocycles. The highest BCUT2D eigenvalue weighted by atomic mass is 35.5. The van der Waals surface area contributed by atoms with E-state index in [1.165, 1.54) is 27.4 Å². The van der Waals surface area contributed by atoms with Gasteiger partial charge in [0.1, 0.15) is 35.6 Å². The highest BCUT2D eigenvalue weighted by Gasteiger charge is 2.24. The van der Waals surface area contributed by atoms with Crippen LogP contribution in [-0.2, 0) is 23.1 Å². The first-order valence-electron chi connectivity index (χ1n) is 14.5. The molecule has 0 fully saturated rings. The van der Waals surface area contributed by atoms with Crippen molar-refractivity contribution in [3.63, 3.8) is 0 Å². The zero-order chi connectivity index (χ0) is 35.8. The number of hydrogen-bond acceptors (Lipinski definition) is 11. The Kier molecular flexibility index (Phi) is 10.2. The summed E-state index contributed by atoms with van der Waals surface area (Å²) in [6.07, 6.45) is 0.881. The number of nitrogens with one attached hydrogen (secondary N) is 1. The maximum absolute atomic E-state index is 13.8. The minimum atomic E-state index is -3.81. The number of halogens is 3. The molecule has 49 heavy (non-hydrogen) atoms. The number of ether oxygens (including phenoxy) is 2. The van der Waals surface area contributed by atoms with Crippen LogP contribution in [0.1, 0.15) is 33.0 Å². The summed E-state index contributed by atoms with van der Waals surface area (Å²) in [7, 11) is -0.367. The molecule has 0 radical (unpaired) electrons. The van der Waals surface area contributed by atoms with Crippen LogP contribution in [0.4, 0.5) is 8.78 Å². The van der Waals surface area contributed by atoms with Crippen LogP contribution in [0.5, 0.6) is 11.5 Å². The SMILES string of the molecule is Cc1cc(-c2cc(Cl)ccc2OCCn2c(C)nc3cc(CN(C)C)c(OC(F)F)c(C#N)c3c2=O)c2scc(C(=O)NS(C)(=O)=O)c2n1. The molecule has 1 amide bonds. The summed E-state index contributed by atoms with van der Waals surface area (Å²) in [5.74, 6) is -0.499. The van der Waals surface area contributed by atoms with Crippen molar-refractivity contribution in [3.05, 3.63) is 79.3 Å². The molecule has 0 aliphatic rings. The van der Waals surface area contributed by atoms with E-state index >= 15 is 0 Å². The number of amides is 1. The molecule has 256 valence electrons. The Hall–Kier alpha value is -4.69. The predicted octanol–water partition coefficient (Wildman–Crippen LogP) is 5.25. The molecule has 5 aromatic rings. The van der Waals surface area contributed by atoms with Gasteiger partial charge < -0.3 is 14.4 Å². The summed E-state index contributed by atoms with van der Waals surface area (Å²) < 4.78 is 64.9. The number of alkyl halides is 2. The molecule has 0 saturated heterocycles. The number of fused-ring (bicyclic) bond motifs is 2. The molecule has 0 atom stereocenters. The lowest BCUT2D eigenvalue weighted by Crippen LogP contribution is -2.29. The Labute approximate surface area is 288 Å². The van der Waals surface area contributed by atoms with Crippen molar-refractivity contribution in [2.45, 2.75) is 33.5 Å². The lowest BCUT2D eigenvalue weighted by molar-refractivity contribution is -0.0508. The van der Waals surface area contributed by atoms with E-state index in [-0.39, 0.29) is 53.0 Å². The van der Waals surface area contributed by atoms with Crippen LogP contribution in [0, 0.1) is 25.2 Å². The van der Waals surface area contributed by atoms with Crippen molar-refractivity contribution in [1.82, 2.24) is 24.2 Å². The van der Waals surface area contributed by atoms with E-state index in [2.05, 4.69) is 9.97 Å². The van der Waals surface area contributed by atoms with E-state index in [4.69, 9.17) is 21.1 Å². The number of sulfonamides is 1. The first-order valence-corrected chi connectivity index (χ1v) is 17.6. The van der Waals surface area contributed by atoms with Gasteiger partial charge in [-0.25, -0.2) is 18.1 Å². The lowest BCUT2D eigenvalue weighted by atomic mass is 10.0. The van der Waals surface area contributed by atoms with Gasteiger partial charge in [-0.1, -0.05) is 11.6 Å². The molecule has 3 heterocycles. The molecule has 1 N–H and O–H groups in total. The van der Waals surface area contributed by atoms with Gasteiger partial charge in [0.05, 0.1) is 39.5 Å². The monoisotopic (exact) mass is 730 g/mol. The van der Waals surface area contributed by atoms with Crippen LogP contribution in [0.15, 0.2) is 40.5 Å². The normalized spacial score (nSPS) is 11.8. The van der Waals surface area contributed by atoms with Gasteiger partial charge in [0.25, 0.3) is 11.5 Å². The number of nitriles is 1. The molecular weight excluding hydrogens is 702 g/mol. The lowest BCUT2D eigenvalue weighted by Gasteiger charge is -2.19. The summed E-state index contributed by atoms with van der Waals surface area (Å²) in [6.45, 7) is 0.207. The fourth-order valence-corrected chi connectivity index (χ4v) is 7.02. The van der Waals surface area contributed by atoms with Gasteiger partial charge in [0.15, 0.2) is 0 Å². The Bertz CT molecular complexity index is 2340. The number of benzene rings is 2. The third kappa shape index (κ3) is 7.65. The molecule has 0 unspecified atom stereocenters. The molecule has 0 spiro atoms. The summed E-state index contributed by atoms with van der Waals surface area (Å²) in [5, 5.41) is 11.7. The number of pyridine rings is 1. The van der Waals surface area contributed by atoms with Gasteiger partial charge in [-0.2, -0.15) is 14.0 Å². The number of nitrogens with zero attached hydrogens (tertiary/aromatic N) is 5. The molecule has 5 rings (SSSR count). The minimum absolute atomic E-state index is 0.0232. The Morgan fingerprint density at radius 2 is 1.92 bits per heavy atom. The second kappa shape index (κ2) is 14.0. The van der Waals surface area contributed by atoms with Gasteiger partial charge >= 0.3 is 6.61 Å². The molecule has 3 aromatic heterocycles. The molecule has 2 aromatic carbocycles. The molecular formula is C32H29ClF2N6O6S2. The minimum Gasteiger partial charge on any atom is -0.491 e. The zero-order valence-electron chi connectivity index (χ0n) is 26.8. The Balaban J connectivity index is 1.52. The third-order valence-corrected chi connectivity index (χ3v) is 9.04. The van der Waals surface area contributed by atoms with Gasteiger partial charge in [0, 0.05) is 39.3 Å². The van der Waals surface area contributed by atoms with E-state index in [1.54, 1.807) is 57.1 Å². The highest BCUT2D eigenvalue weighted by Crippen LogP contribution is 2.40. The summed E-state index contributed by atoms with van der Waals surface area (Å²) in [6, 6.07) is 10.1. The van der Waals surface area contributed by atoms with E-state index < -0.39 is 28.1 Å². The van der Waals surface area contributed by atoms with E-state index in [9.17, 15) is 32.0 Å². The first-order chi connectivity index (χ1) is 23.1. The standard InChI is InChI=1S/C32H29ClF2N6O6S2/c1-16-10-21(29-27(37-16)23(15-48-29)30(42)39-49(5,44)45)20-12-19(33)6-7-25(20)46-9-8-41-17(2)38-24-11-18(14-40(3)4)28(47-32(34)35)22(13-36)26(24)31(41)43/h6-7,10-12,15,32H,8-9,14H2,1-5H3,(H,39,42). The van der Waals surface area contributed by atoms with Crippen molar-refractivity contribution in [1.29, 1.82) is 5.26 Å². The number of aromatic nitrogens is 3. The van der Waals surface area contributed by atoms with E-state index in [1.807, 2.05) is 10.8 Å². The maximum atomic E-state index is 13.8. The van der Waals surface area contributed by atoms with Crippen LogP contribution < -0.4 is 19.8 Å². The molecule has 17 heteroatoms. The Morgan fingerprint density at radius 1 is 1.18 bits per heavy atom. The number of carbonyl (C=O) groups excluding carboxylic acids is 1. The third-order valence-electron chi connectivity index (χ3n) is 7.25. The summed E-state index contributed by atoms with van der Waals surface area (Å²) in [4.78, 5) is 37.2. The van der Waals surface area contributed by atoms with Crippen LogP contribution in [-0.4, -0.2) is 67.3 Å². The number of hydrogen-bond donors (Lipinski definition) is 1. The van der Waals surface area contributed by atoms with Gasteiger partial charge in [0.2, 0.25) is 10.0 Å². The topological polar surface area (TPSA) is 157 Å². The van der Waals surface area contributed by atoms with Crippen molar-refractivity contribution >= 4 is 60.0 Å². The second-order valence-corrected chi connectivity index (χ2v) is 14.4. The average Bonchev–Trinajstić information content (AvgIpc) is 3.42. The fourth-order valence-electron chi connectivity index (χ4n) is 5.38. The van der Waals surface area contributed by atoms with E-state index in [0.29, 0.717) is 43.6 Å². The van der Waals surface area contributed by atoms with Crippen LogP contribution in [0.3, 0.4) is 0 Å². The van der Waals surface area contributed by atoms with Crippen molar-refractivity contribution < 1.29 is 31.5 Å². The van der Waals surface area contributed by atoms with Crippen molar-refractivity contribution in [3.8, 4) is 28.7 Å². The highest BCUT2D eigenvalue weighted by molar-refractivity contribution is 7.89. The molecule has 0 aliphatic heterocycles. The summed E-state index contributed by atoms with van der Waals surface area (Å²) >= 11 is 7.58. The molecule has 0 bridgehead atoms. The predicted molar refractivity (Wildman–Crippen MR) is 182 cm³/mol. The van der Waals surface area contributed by atoms with Gasteiger partial charge in [-0.15, -0.1) is 11.3 Å². The van der Waals surface area contributed by atoms with Crippen LogP contribution >= 0.6 is 22.9 Å². The van der Waals surface area contributed by atoms with Gasteiger partial charge in [-0.05, 0) is 58.3 Å². The van der Waals surface area contributed by atoms with Gasteiger partial charge in [-0.3, -0.25) is 19.1 Å². The number of aryl methyl sites for hydroxylation is 2.